The Morgan fingerprint density at radius 1 is 1.29 bits per heavy atom. The van der Waals surface area contributed by atoms with Crippen LogP contribution in [0.3, 0.4) is 0 Å². The molecule has 0 bridgehead atoms. The van der Waals surface area contributed by atoms with Gasteiger partial charge < -0.3 is 21.5 Å². The maximum atomic E-state index is 12.1. The predicted molar refractivity (Wildman–Crippen MR) is 68.3 cm³/mol. The van der Waals surface area contributed by atoms with Gasteiger partial charge in [0.05, 0.1) is 5.69 Å². The number of nitrogen functional groups attached to an aromatic ring is 1. The van der Waals surface area contributed by atoms with E-state index in [1.54, 1.807) is 0 Å². The van der Waals surface area contributed by atoms with Gasteiger partial charge in [-0.15, -0.1) is 13.2 Å². The summed E-state index contributed by atoms with van der Waals surface area (Å²) in [7, 11) is 0. The van der Waals surface area contributed by atoms with Gasteiger partial charge in [-0.25, -0.2) is 0 Å². The number of anilines is 1. The molecular formula is C12H14F3N3O3. The number of amides is 2. The molecule has 0 spiro atoms. The Morgan fingerprint density at radius 2 is 1.95 bits per heavy atom. The molecule has 0 heterocycles. The van der Waals surface area contributed by atoms with Crippen LogP contribution in [0.5, 0.6) is 5.75 Å². The van der Waals surface area contributed by atoms with Crippen molar-refractivity contribution >= 4 is 17.5 Å². The van der Waals surface area contributed by atoms with Crippen molar-refractivity contribution in [1.29, 1.82) is 0 Å². The summed E-state index contributed by atoms with van der Waals surface area (Å²) in [6.07, 6.45) is -4.36. The molecule has 1 rings (SSSR count). The maximum absolute atomic E-state index is 12.1. The number of primary amides is 1. The molecule has 0 saturated heterocycles. The second kappa shape index (κ2) is 6.82. The molecule has 116 valence electrons. The van der Waals surface area contributed by atoms with Crippen molar-refractivity contribution in [1.82, 2.24) is 5.32 Å². The molecule has 1 aromatic carbocycles. The summed E-state index contributed by atoms with van der Waals surface area (Å²) in [6.45, 7) is 0.211. The molecule has 1 aromatic rings. The first-order valence-corrected chi connectivity index (χ1v) is 5.91. The third kappa shape index (κ3) is 6.02. The maximum Gasteiger partial charge on any atom is 0.573 e. The Balaban J connectivity index is 2.62. The number of alkyl halides is 3. The van der Waals surface area contributed by atoms with Crippen LogP contribution in [-0.2, 0) is 4.79 Å². The van der Waals surface area contributed by atoms with Crippen LogP contribution in [0.25, 0.3) is 0 Å². The molecule has 6 nitrogen and oxygen atoms in total. The fourth-order valence-corrected chi connectivity index (χ4v) is 1.47. The molecule has 0 aliphatic rings. The number of nitrogens with one attached hydrogen (secondary N) is 1. The third-order valence-corrected chi connectivity index (χ3v) is 2.38. The van der Waals surface area contributed by atoms with Gasteiger partial charge in [0.1, 0.15) is 0 Å². The number of hydrogen-bond donors (Lipinski definition) is 3. The van der Waals surface area contributed by atoms with Gasteiger partial charge >= 0.3 is 6.36 Å². The molecule has 0 atom stereocenters. The first kappa shape index (κ1) is 16.6. The molecule has 0 aliphatic carbocycles. The molecule has 0 aliphatic heterocycles. The molecule has 2 amide bonds. The zero-order valence-electron chi connectivity index (χ0n) is 10.9. The standard InChI is InChI=1S/C12H14F3N3O3/c13-12(14,15)21-9-4-3-7(6-8(9)16)11(20)18-5-1-2-10(17)19/h3-4,6H,1-2,5,16H2,(H2,17,19)(H,18,20). The van der Waals surface area contributed by atoms with Gasteiger partial charge in [-0.3, -0.25) is 9.59 Å². The lowest BCUT2D eigenvalue weighted by atomic mass is 10.1. The number of rotatable bonds is 6. The lowest BCUT2D eigenvalue weighted by Crippen LogP contribution is -2.25. The second-order valence-corrected chi connectivity index (χ2v) is 4.13. The topological polar surface area (TPSA) is 107 Å². The van der Waals surface area contributed by atoms with Crippen LogP contribution in [0, 0.1) is 0 Å². The van der Waals surface area contributed by atoms with Crippen LogP contribution in [0.15, 0.2) is 18.2 Å². The summed E-state index contributed by atoms with van der Waals surface area (Å²) >= 11 is 0. The van der Waals surface area contributed by atoms with E-state index in [1.165, 1.54) is 0 Å². The monoisotopic (exact) mass is 305 g/mol. The quantitative estimate of drug-likeness (QED) is 0.541. The van der Waals surface area contributed by atoms with E-state index in [0.717, 1.165) is 18.2 Å². The van der Waals surface area contributed by atoms with Crippen molar-refractivity contribution in [2.75, 3.05) is 12.3 Å². The zero-order chi connectivity index (χ0) is 16.0. The van der Waals surface area contributed by atoms with Gasteiger partial charge in [0.15, 0.2) is 5.75 Å². The highest BCUT2D eigenvalue weighted by molar-refractivity contribution is 5.95. The highest BCUT2D eigenvalue weighted by Crippen LogP contribution is 2.28. The summed E-state index contributed by atoms with van der Waals surface area (Å²) < 4.78 is 39.9. The Bertz CT molecular complexity index is 532. The fraction of sp³-hybridized carbons (Fsp3) is 0.333. The van der Waals surface area contributed by atoms with Crippen molar-refractivity contribution < 1.29 is 27.5 Å². The van der Waals surface area contributed by atoms with Crippen molar-refractivity contribution in [2.45, 2.75) is 19.2 Å². The Labute approximate surface area is 118 Å². The van der Waals surface area contributed by atoms with Crippen molar-refractivity contribution in [2.24, 2.45) is 5.73 Å². The molecule has 9 heteroatoms. The SMILES string of the molecule is NC(=O)CCCNC(=O)c1ccc(OC(F)(F)F)c(N)c1. The number of hydrogen-bond acceptors (Lipinski definition) is 4. The normalized spacial score (nSPS) is 11.0. The molecule has 0 unspecified atom stereocenters. The van der Waals surface area contributed by atoms with Crippen molar-refractivity contribution in [3.63, 3.8) is 0 Å². The van der Waals surface area contributed by atoms with Crippen LogP contribution in [0.1, 0.15) is 23.2 Å². The molecule has 0 fully saturated rings. The number of nitrogens with two attached hydrogens (primary N) is 2. The van der Waals surface area contributed by atoms with Crippen LogP contribution in [-0.4, -0.2) is 24.7 Å². The fourth-order valence-electron chi connectivity index (χ4n) is 1.47. The summed E-state index contributed by atoms with van der Waals surface area (Å²) in [4.78, 5) is 22.2. The molecule has 21 heavy (non-hydrogen) atoms. The average Bonchev–Trinajstić information content (AvgIpc) is 2.35. The lowest BCUT2D eigenvalue weighted by Gasteiger charge is -2.12. The number of carbonyl (C=O) groups is 2. The van der Waals surface area contributed by atoms with Gasteiger partial charge in [-0.1, -0.05) is 0 Å². The van der Waals surface area contributed by atoms with Gasteiger partial charge in [0.25, 0.3) is 5.91 Å². The van der Waals surface area contributed by atoms with E-state index in [0.29, 0.717) is 6.42 Å². The molecule has 0 aromatic heterocycles. The largest absolute Gasteiger partial charge is 0.573 e. The van der Waals surface area contributed by atoms with Gasteiger partial charge in [-0.2, -0.15) is 0 Å². The summed E-state index contributed by atoms with van der Waals surface area (Å²) in [5, 5.41) is 2.48. The molecular weight excluding hydrogens is 291 g/mol. The van der Waals surface area contributed by atoms with Crippen LogP contribution in [0.2, 0.25) is 0 Å². The van der Waals surface area contributed by atoms with Crippen molar-refractivity contribution in [3.8, 4) is 5.75 Å². The van der Waals surface area contributed by atoms with Gasteiger partial charge in [0.2, 0.25) is 5.91 Å². The minimum absolute atomic E-state index is 0.0844. The second-order valence-electron chi connectivity index (χ2n) is 4.13. The van der Waals surface area contributed by atoms with E-state index in [-0.39, 0.29) is 24.2 Å². The molecule has 0 radical (unpaired) electrons. The van der Waals surface area contributed by atoms with E-state index < -0.39 is 23.9 Å². The molecule has 5 N–H and O–H groups in total. The van der Waals surface area contributed by atoms with Crippen molar-refractivity contribution in [3.05, 3.63) is 23.8 Å². The van der Waals surface area contributed by atoms with E-state index in [1.807, 2.05) is 0 Å². The highest BCUT2D eigenvalue weighted by Gasteiger charge is 2.32. The highest BCUT2D eigenvalue weighted by atomic mass is 19.4. The Hall–Kier alpha value is -2.45. The van der Waals surface area contributed by atoms with E-state index in [4.69, 9.17) is 11.5 Å². The molecule has 0 saturated carbocycles. The number of benzene rings is 1. The van der Waals surface area contributed by atoms with E-state index in [9.17, 15) is 22.8 Å². The Morgan fingerprint density at radius 3 is 2.48 bits per heavy atom. The number of halogens is 3. The van der Waals surface area contributed by atoms with Crippen LogP contribution >= 0.6 is 0 Å². The Kier molecular flexibility index (Phi) is 5.39. The minimum Gasteiger partial charge on any atom is -0.404 e. The van der Waals surface area contributed by atoms with E-state index in [2.05, 4.69) is 10.1 Å². The summed E-state index contributed by atoms with van der Waals surface area (Å²) in [5.41, 5.74) is 10.1. The first-order valence-electron chi connectivity index (χ1n) is 5.91. The first-order chi connectivity index (χ1) is 9.69. The van der Waals surface area contributed by atoms with Gasteiger partial charge in [0, 0.05) is 18.5 Å². The van der Waals surface area contributed by atoms with Crippen LogP contribution in [0.4, 0.5) is 18.9 Å². The third-order valence-electron chi connectivity index (χ3n) is 2.38. The van der Waals surface area contributed by atoms with Crippen LogP contribution < -0.4 is 21.5 Å². The minimum atomic E-state index is -4.85. The lowest BCUT2D eigenvalue weighted by molar-refractivity contribution is -0.274. The number of ether oxygens (including phenoxy) is 1. The number of carbonyl (C=O) groups excluding carboxylic acids is 2. The van der Waals surface area contributed by atoms with Gasteiger partial charge in [-0.05, 0) is 24.6 Å². The predicted octanol–water partition coefficient (Wildman–Crippen LogP) is 1.16. The summed E-state index contributed by atoms with van der Waals surface area (Å²) in [6, 6.07) is 3.19. The van der Waals surface area contributed by atoms with E-state index >= 15 is 0 Å². The average molecular weight is 305 g/mol. The smallest absolute Gasteiger partial charge is 0.404 e. The summed E-state index contributed by atoms with van der Waals surface area (Å²) in [5.74, 6) is -1.58. The zero-order valence-corrected chi connectivity index (χ0v) is 10.9.